The standard InChI is InChI=1S/C23H33N3O3.HI/c1-18(20-5-7-21(27-2)8-6-20)9-12-24-23(26-16-19-11-15-28-17-19)25-13-10-22-4-3-14-29-22;/h3-8,14,18-19H,9-13,15-17H2,1-2H3,(H2,24,25,26);1H. The number of benzene rings is 1. The van der Waals surface area contributed by atoms with Crippen molar-refractivity contribution in [2.45, 2.75) is 32.1 Å². The van der Waals surface area contributed by atoms with Gasteiger partial charge >= 0.3 is 0 Å². The largest absolute Gasteiger partial charge is 0.497 e. The molecular weight excluding hydrogens is 493 g/mol. The van der Waals surface area contributed by atoms with Crippen molar-refractivity contribution in [2.24, 2.45) is 10.9 Å². The molecule has 1 aliphatic rings. The molecule has 2 heterocycles. The van der Waals surface area contributed by atoms with Crippen molar-refractivity contribution in [3.05, 3.63) is 54.0 Å². The van der Waals surface area contributed by atoms with Crippen LogP contribution in [0.2, 0.25) is 0 Å². The van der Waals surface area contributed by atoms with Gasteiger partial charge in [-0.2, -0.15) is 0 Å². The molecule has 30 heavy (non-hydrogen) atoms. The lowest BCUT2D eigenvalue weighted by Crippen LogP contribution is -2.39. The Hall–Kier alpha value is -1.74. The first-order valence-corrected chi connectivity index (χ1v) is 10.5. The molecule has 1 saturated heterocycles. The van der Waals surface area contributed by atoms with Gasteiger partial charge in [0.05, 0.1) is 20.0 Å². The van der Waals surface area contributed by atoms with E-state index in [1.54, 1.807) is 13.4 Å². The maximum absolute atomic E-state index is 5.47. The molecule has 1 aromatic carbocycles. The van der Waals surface area contributed by atoms with Gasteiger partial charge in [-0.15, -0.1) is 24.0 Å². The second kappa shape index (κ2) is 13.5. The van der Waals surface area contributed by atoms with Crippen LogP contribution in [0.25, 0.3) is 0 Å². The lowest BCUT2D eigenvalue weighted by atomic mass is 9.98. The number of methoxy groups -OCH3 is 1. The molecule has 6 nitrogen and oxygen atoms in total. The number of halogens is 1. The Morgan fingerprint density at radius 2 is 2.00 bits per heavy atom. The van der Waals surface area contributed by atoms with Crippen LogP contribution < -0.4 is 15.4 Å². The summed E-state index contributed by atoms with van der Waals surface area (Å²) in [5, 5.41) is 6.92. The molecule has 0 amide bonds. The van der Waals surface area contributed by atoms with Crippen molar-refractivity contribution in [3.63, 3.8) is 0 Å². The molecule has 2 atom stereocenters. The van der Waals surface area contributed by atoms with E-state index < -0.39 is 0 Å². The third kappa shape index (κ3) is 8.18. The van der Waals surface area contributed by atoms with Crippen LogP contribution in [0.1, 0.15) is 37.0 Å². The van der Waals surface area contributed by atoms with E-state index >= 15 is 0 Å². The summed E-state index contributed by atoms with van der Waals surface area (Å²) in [6.07, 6.45) is 4.67. The number of furan rings is 1. The van der Waals surface area contributed by atoms with Crippen LogP contribution in [0.15, 0.2) is 52.1 Å². The van der Waals surface area contributed by atoms with Crippen LogP contribution in [0.4, 0.5) is 0 Å². The van der Waals surface area contributed by atoms with E-state index in [0.29, 0.717) is 11.8 Å². The van der Waals surface area contributed by atoms with Crippen molar-refractivity contribution in [3.8, 4) is 5.75 Å². The maximum atomic E-state index is 5.47. The van der Waals surface area contributed by atoms with E-state index in [9.17, 15) is 0 Å². The molecule has 0 aliphatic carbocycles. The van der Waals surface area contributed by atoms with Crippen molar-refractivity contribution >= 4 is 29.9 Å². The summed E-state index contributed by atoms with van der Waals surface area (Å²) in [5.74, 6) is 3.72. The van der Waals surface area contributed by atoms with Crippen molar-refractivity contribution < 1.29 is 13.9 Å². The molecule has 0 bridgehead atoms. The Labute approximate surface area is 196 Å². The molecule has 2 aromatic rings. The average Bonchev–Trinajstić information content (AvgIpc) is 3.46. The number of guanidine groups is 1. The molecule has 1 fully saturated rings. The second-order valence-corrected chi connectivity index (χ2v) is 7.56. The van der Waals surface area contributed by atoms with E-state index in [1.807, 2.05) is 24.3 Å². The second-order valence-electron chi connectivity index (χ2n) is 7.56. The van der Waals surface area contributed by atoms with Gasteiger partial charge in [0.2, 0.25) is 0 Å². The fourth-order valence-electron chi connectivity index (χ4n) is 3.39. The van der Waals surface area contributed by atoms with E-state index in [4.69, 9.17) is 18.9 Å². The summed E-state index contributed by atoms with van der Waals surface area (Å²) in [6.45, 7) is 6.37. The van der Waals surface area contributed by atoms with Gasteiger partial charge in [0.15, 0.2) is 5.96 Å². The minimum Gasteiger partial charge on any atom is -0.497 e. The number of ether oxygens (including phenoxy) is 2. The summed E-state index contributed by atoms with van der Waals surface area (Å²) in [5.41, 5.74) is 1.32. The molecule has 0 radical (unpaired) electrons. The van der Waals surface area contributed by atoms with Crippen molar-refractivity contribution in [1.82, 2.24) is 10.6 Å². The fourth-order valence-corrected chi connectivity index (χ4v) is 3.39. The molecule has 0 spiro atoms. The Bertz CT molecular complexity index is 729. The molecular formula is C23H34IN3O3. The van der Waals surface area contributed by atoms with Crippen molar-refractivity contribution in [1.29, 1.82) is 0 Å². The number of aliphatic imine (C=N–C) groups is 1. The van der Waals surface area contributed by atoms with Gasteiger partial charge in [-0.3, -0.25) is 4.99 Å². The van der Waals surface area contributed by atoms with Gasteiger partial charge in [-0.05, 0) is 48.6 Å². The Morgan fingerprint density at radius 1 is 1.20 bits per heavy atom. The fraction of sp³-hybridized carbons (Fsp3) is 0.522. The first-order chi connectivity index (χ1) is 14.2. The SMILES string of the molecule is COc1ccc(C(C)CCNC(=NCC2CCOC2)NCCc2ccco2)cc1.I. The van der Waals surface area contributed by atoms with Gasteiger partial charge in [-0.1, -0.05) is 19.1 Å². The van der Waals surface area contributed by atoms with Crippen LogP contribution in [0.3, 0.4) is 0 Å². The van der Waals surface area contributed by atoms with Gasteiger partial charge in [0.25, 0.3) is 0 Å². The number of hydrogen-bond donors (Lipinski definition) is 2. The lowest BCUT2D eigenvalue weighted by Gasteiger charge is -2.16. The van der Waals surface area contributed by atoms with Crippen LogP contribution >= 0.6 is 24.0 Å². The zero-order valence-electron chi connectivity index (χ0n) is 17.9. The van der Waals surface area contributed by atoms with Crippen LogP contribution in [-0.4, -0.2) is 45.9 Å². The Balaban J connectivity index is 0.00000320. The molecule has 0 saturated carbocycles. The average molecular weight is 527 g/mol. The normalized spacial score (nSPS) is 17.3. The molecule has 1 aliphatic heterocycles. The molecule has 7 heteroatoms. The topological polar surface area (TPSA) is 68.0 Å². The smallest absolute Gasteiger partial charge is 0.191 e. The van der Waals surface area contributed by atoms with Crippen LogP contribution in [-0.2, 0) is 11.2 Å². The highest BCUT2D eigenvalue weighted by Gasteiger charge is 2.15. The van der Waals surface area contributed by atoms with Gasteiger partial charge < -0.3 is 24.5 Å². The maximum Gasteiger partial charge on any atom is 0.191 e. The number of nitrogens with zero attached hydrogens (tertiary/aromatic N) is 1. The summed E-state index contributed by atoms with van der Waals surface area (Å²) < 4.78 is 16.1. The first kappa shape index (κ1) is 24.5. The molecule has 166 valence electrons. The Morgan fingerprint density at radius 3 is 2.67 bits per heavy atom. The van der Waals surface area contributed by atoms with E-state index in [2.05, 4.69) is 29.7 Å². The number of rotatable bonds is 10. The monoisotopic (exact) mass is 527 g/mol. The van der Waals surface area contributed by atoms with Crippen LogP contribution in [0, 0.1) is 5.92 Å². The zero-order valence-corrected chi connectivity index (χ0v) is 20.3. The minimum absolute atomic E-state index is 0. The highest BCUT2D eigenvalue weighted by atomic mass is 127. The molecule has 3 rings (SSSR count). The summed E-state index contributed by atoms with van der Waals surface area (Å²) in [7, 11) is 1.69. The van der Waals surface area contributed by atoms with Crippen molar-refractivity contribution in [2.75, 3.05) is 40.0 Å². The van der Waals surface area contributed by atoms with E-state index in [1.165, 1.54) is 5.56 Å². The third-order valence-electron chi connectivity index (χ3n) is 5.33. The van der Waals surface area contributed by atoms with E-state index in [0.717, 1.165) is 69.6 Å². The Kier molecular flexibility index (Phi) is 11.1. The van der Waals surface area contributed by atoms with Gasteiger partial charge in [0.1, 0.15) is 11.5 Å². The number of nitrogens with one attached hydrogen (secondary N) is 2. The summed E-state index contributed by atoms with van der Waals surface area (Å²) >= 11 is 0. The number of hydrogen-bond acceptors (Lipinski definition) is 4. The highest BCUT2D eigenvalue weighted by Crippen LogP contribution is 2.21. The zero-order chi connectivity index (χ0) is 20.3. The predicted octanol–water partition coefficient (Wildman–Crippen LogP) is 4.21. The molecule has 2 unspecified atom stereocenters. The lowest BCUT2D eigenvalue weighted by molar-refractivity contribution is 0.187. The molecule has 1 aromatic heterocycles. The third-order valence-corrected chi connectivity index (χ3v) is 5.33. The highest BCUT2D eigenvalue weighted by molar-refractivity contribution is 14.0. The summed E-state index contributed by atoms with van der Waals surface area (Å²) in [4.78, 5) is 4.78. The quantitative estimate of drug-likeness (QED) is 0.275. The summed E-state index contributed by atoms with van der Waals surface area (Å²) in [6, 6.07) is 12.2. The van der Waals surface area contributed by atoms with Crippen LogP contribution in [0.5, 0.6) is 5.75 Å². The first-order valence-electron chi connectivity index (χ1n) is 10.5. The molecule has 2 N–H and O–H groups in total. The predicted molar refractivity (Wildman–Crippen MR) is 131 cm³/mol. The minimum atomic E-state index is 0. The van der Waals surface area contributed by atoms with Gasteiger partial charge in [-0.25, -0.2) is 0 Å². The van der Waals surface area contributed by atoms with E-state index in [-0.39, 0.29) is 24.0 Å². The van der Waals surface area contributed by atoms with Gasteiger partial charge in [0, 0.05) is 38.6 Å².